The highest BCUT2D eigenvalue weighted by atomic mass is 15.3. The third kappa shape index (κ3) is 7.49. The van der Waals surface area contributed by atoms with Crippen molar-refractivity contribution in [2.24, 2.45) is 32.5 Å². The van der Waals surface area contributed by atoms with E-state index in [0.29, 0.717) is 18.2 Å². The number of rotatable bonds is 10. The van der Waals surface area contributed by atoms with Crippen molar-refractivity contribution in [3.63, 3.8) is 0 Å². The zero-order valence-electron chi connectivity index (χ0n) is 18.5. The fraction of sp³-hybridized carbons (Fsp3) is 0.391. The van der Waals surface area contributed by atoms with E-state index in [0.717, 1.165) is 66.6 Å². The van der Waals surface area contributed by atoms with Gasteiger partial charge in [0.1, 0.15) is 11.7 Å². The molecular weight excluding hydrogens is 388 g/mol. The maximum atomic E-state index is 6.08. The quantitative estimate of drug-likeness (QED) is 0.201. The molecule has 0 saturated carbocycles. The van der Waals surface area contributed by atoms with Crippen LogP contribution < -0.4 is 22.8 Å². The SMILES string of the molecule is CCCCC(N)=NC(CCCC)=NCc1ccc(-c2cnccc2/C(=N/N)NN)cc1. The van der Waals surface area contributed by atoms with Crippen LogP contribution in [0, 0.1) is 0 Å². The molecule has 166 valence electrons. The lowest BCUT2D eigenvalue weighted by Gasteiger charge is -2.11. The van der Waals surface area contributed by atoms with Crippen LogP contribution in [0.3, 0.4) is 0 Å². The third-order valence-corrected chi connectivity index (χ3v) is 4.86. The number of nitrogens with two attached hydrogens (primary N) is 3. The molecule has 0 spiro atoms. The number of nitrogens with one attached hydrogen (secondary N) is 1. The number of amidine groups is 3. The summed E-state index contributed by atoms with van der Waals surface area (Å²) < 4.78 is 0. The molecule has 8 heteroatoms. The van der Waals surface area contributed by atoms with E-state index in [1.165, 1.54) is 0 Å². The lowest BCUT2D eigenvalue weighted by molar-refractivity contribution is 0.819. The predicted molar refractivity (Wildman–Crippen MR) is 130 cm³/mol. The second-order valence-corrected chi connectivity index (χ2v) is 7.28. The molecule has 2 rings (SSSR count). The molecule has 0 saturated heterocycles. The minimum atomic E-state index is 0.394. The van der Waals surface area contributed by atoms with Gasteiger partial charge in [-0.25, -0.2) is 10.8 Å². The largest absolute Gasteiger partial charge is 0.387 e. The highest BCUT2D eigenvalue weighted by Crippen LogP contribution is 2.23. The molecule has 2 aromatic rings. The number of benzene rings is 1. The van der Waals surface area contributed by atoms with Crippen molar-refractivity contribution in [1.29, 1.82) is 0 Å². The van der Waals surface area contributed by atoms with Crippen molar-refractivity contribution >= 4 is 17.5 Å². The van der Waals surface area contributed by atoms with E-state index in [1.54, 1.807) is 12.4 Å². The summed E-state index contributed by atoms with van der Waals surface area (Å²) in [4.78, 5) is 13.5. The average molecular weight is 423 g/mol. The van der Waals surface area contributed by atoms with Crippen LogP contribution in [0.15, 0.2) is 57.8 Å². The molecule has 0 atom stereocenters. The highest BCUT2D eigenvalue weighted by Gasteiger charge is 2.10. The fourth-order valence-corrected chi connectivity index (χ4v) is 3.07. The van der Waals surface area contributed by atoms with E-state index >= 15 is 0 Å². The molecule has 31 heavy (non-hydrogen) atoms. The molecule has 0 fully saturated rings. The number of hydrazine groups is 1. The first-order chi connectivity index (χ1) is 15.1. The summed E-state index contributed by atoms with van der Waals surface area (Å²) in [6.45, 7) is 4.87. The first-order valence-corrected chi connectivity index (χ1v) is 10.8. The molecule has 1 aromatic heterocycles. The predicted octanol–water partition coefficient (Wildman–Crippen LogP) is 3.47. The molecule has 0 aliphatic rings. The Hall–Kier alpha value is -3.26. The van der Waals surface area contributed by atoms with Gasteiger partial charge >= 0.3 is 0 Å². The molecule has 1 heterocycles. The number of hydrogen-bond donors (Lipinski definition) is 4. The van der Waals surface area contributed by atoms with Crippen LogP contribution in [0.25, 0.3) is 11.1 Å². The van der Waals surface area contributed by atoms with Crippen LogP contribution in [-0.2, 0) is 6.54 Å². The van der Waals surface area contributed by atoms with Gasteiger partial charge in [0, 0.05) is 36.4 Å². The summed E-state index contributed by atoms with van der Waals surface area (Å²) >= 11 is 0. The Bertz CT molecular complexity index is 900. The number of hydrazone groups is 1. The van der Waals surface area contributed by atoms with Crippen LogP contribution in [0.2, 0.25) is 0 Å². The summed E-state index contributed by atoms with van der Waals surface area (Å²) in [6.07, 6.45) is 9.39. The monoisotopic (exact) mass is 422 g/mol. The van der Waals surface area contributed by atoms with Gasteiger partial charge < -0.3 is 17.0 Å². The van der Waals surface area contributed by atoms with Gasteiger partial charge in [-0.15, -0.1) is 0 Å². The fourth-order valence-electron chi connectivity index (χ4n) is 3.07. The molecule has 0 aliphatic heterocycles. The summed E-state index contributed by atoms with van der Waals surface area (Å²) in [5.41, 5.74) is 12.3. The molecule has 0 aliphatic carbocycles. The van der Waals surface area contributed by atoms with Gasteiger partial charge in [0.2, 0.25) is 0 Å². The van der Waals surface area contributed by atoms with Crippen molar-refractivity contribution in [2.45, 2.75) is 58.9 Å². The van der Waals surface area contributed by atoms with Gasteiger partial charge in [0.05, 0.1) is 6.54 Å². The number of hydrogen-bond acceptors (Lipinski definition) is 5. The normalized spacial score (nSPS) is 12.8. The zero-order valence-corrected chi connectivity index (χ0v) is 18.5. The molecule has 7 N–H and O–H groups in total. The Morgan fingerprint density at radius 1 is 1.03 bits per heavy atom. The average Bonchev–Trinajstić information content (AvgIpc) is 2.81. The topological polar surface area (TPSA) is 140 Å². The maximum Gasteiger partial charge on any atom is 0.167 e. The van der Waals surface area contributed by atoms with E-state index in [1.807, 2.05) is 30.3 Å². The van der Waals surface area contributed by atoms with Crippen LogP contribution in [0.1, 0.15) is 63.5 Å². The molecule has 0 bridgehead atoms. The van der Waals surface area contributed by atoms with Gasteiger partial charge in [-0.3, -0.25) is 9.98 Å². The van der Waals surface area contributed by atoms with Crippen molar-refractivity contribution in [3.8, 4) is 11.1 Å². The second-order valence-electron chi connectivity index (χ2n) is 7.28. The molecule has 0 amide bonds. The summed E-state index contributed by atoms with van der Waals surface area (Å²) in [6, 6.07) is 9.97. The van der Waals surface area contributed by atoms with Crippen LogP contribution >= 0.6 is 0 Å². The van der Waals surface area contributed by atoms with Crippen molar-refractivity contribution in [3.05, 3.63) is 53.9 Å². The van der Waals surface area contributed by atoms with Crippen LogP contribution in [0.4, 0.5) is 0 Å². The Morgan fingerprint density at radius 3 is 2.39 bits per heavy atom. The third-order valence-electron chi connectivity index (χ3n) is 4.86. The summed E-state index contributed by atoms with van der Waals surface area (Å²) in [7, 11) is 0. The molecular formula is C23H34N8. The molecule has 8 nitrogen and oxygen atoms in total. The Kier molecular flexibility index (Phi) is 10.2. The van der Waals surface area contributed by atoms with Gasteiger partial charge in [0.15, 0.2) is 5.84 Å². The molecule has 0 unspecified atom stereocenters. The lowest BCUT2D eigenvalue weighted by Crippen LogP contribution is -2.32. The highest BCUT2D eigenvalue weighted by molar-refractivity contribution is 6.03. The van der Waals surface area contributed by atoms with E-state index in [9.17, 15) is 0 Å². The maximum absolute atomic E-state index is 6.08. The summed E-state index contributed by atoms with van der Waals surface area (Å²) in [5.74, 6) is 12.9. The number of aromatic nitrogens is 1. The Balaban J connectivity index is 2.19. The standard InChI is InChI=1S/C23H34N8/c1-3-5-7-21(24)29-22(8-6-4-2)28-15-17-9-11-18(12-10-17)20-16-27-14-13-19(20)23(30-25)31-26/h9-14,16H,3-8,15,25-26H2,1-2H3,(H,30,31)(H2,24,28,29). The van der Waals surface area contributed by atoms with Crippen molar-refractivity contribution in [1.82, 2.24) is 10.4 Å². The van der Waals surface area contributed by atoms with E-state index in [4.69, 9.17) is 22.4 Å². The Morgan fingerprint density at radius 2 is 1.74 bits per heavy atom. The number of nitrogens with zero attached hydrogens (tertiary/aromatic N) is 4. The van der Waals surface area contributed by atoms with Crippen LogP contribution in [-0.4, -0.2) is 22.5 Å². The number of unbranched alkanes of at least 4 members (excludes halogenated alkanes) is 2. The van der Waals surface area contributed by atoms with Gasteiger partial charge in [-0.1, -0.05) is 51.0 Å². The zero-order chi connectivity index (χ0) is 22.5. The minimum Gasteiger partial charge on any atom is -0.387 e. The van der Waals surface area contributed by atoms with E-state index in [-0.39, 0.29) is 0 Å². The van der Waals surface area contributed by atoms with Crippen molar-refractivity contribution in [2.75, 3.05) is 0 Å². The van der Waals surface area contributed by atoms with Gasteiger partial charge in [0.25, 0.3) is 0 Å². The molecule has 0 radical (unpaired) electrons. The smallest absolute Gasteiger partial charge is 0.167 e. The van der Waals surface area contributed by atoms with Crippen LogP contribution in [0.5, 0.6) is 0 Å². The van der Waals surface area contributed by atoms with E-state index < -0.39 is 0 Å². The number of aliphatic imine (C=N–C) groups is 2. The second kappa shape index (κ2) is 13.1. The lowest BCUT2D eigenvalue weighted by atomic mass is 10.00. The van der Waals surface area contributed by atoms with Gasteiger partial charge in [-0.2, -0.15) is 5.10 Å². The Labute approximate surface area is 184 Å². The minimum absolute atomic E-state index is 0.394. The molecule has 1 aromatic carbocycles. The van der Waals surface area contributed by atoms with E-state index in [2.05, 4.69) is 34.4 Å². The summed E-state index contributed by atoms with van der Waals surface area (Å²) in [5, 5.41) is 3.71. The number of pyridine rings is 1. The first-order valence-electron chi connectivity index (χ1n) is 10.8. The van der Waals surface area contributed by atoms with Gasteiger partial charge in [-0.05, 0) is 30.0 Å². The van der Waals surface area contributed by atoms with Crippen molar-refractivity contribution < 1.29 is 0 Å². The first kappa shape index (κ1) is 24.0.